The van der Waals surface area contributed by atoms with Crippen molar-refractivity contribution in [2.75, 3.05) is 13.7 Å². The molecule has 0 radical (unpaired) electrons. The summed E-state index contributed by atoms with van der Waals surface area (Å²) in [5, 5.41) is 10.5. The molecular weight excluding hydrogens is 231 g/mol. The largest absolute Gasteiger partial charge is 0.469 e. The summed E-state index contributed by atoms with van der Waals surface area (Å²) in [6, 6.07) is 3.19. The van der Waals surface area contributed by atoms with Crippen molar-refractivity contribution in [1.29, 1.82) is 0 Å². The Bertz CT molecular complexity index is 450. The highest BCUT2D eigenvalue weighted by molar-refractivity contribution is 5.78. The third-order valence-corrected chi connectivity index (χ3v) is 2.29. The summed E-state index contributed by atoms with van der Waals surface area (Å²) in [6.45, 7) is -0.0739. The molecule has 0 aliphatic rings. The molecule has 0 fully saturated rings. The number of nitro groups is 1. The van der Waals surface area contributed by atoms with Gasteiger partial charge in [-0.3, -0.25) is 14.9 Å². The summed E-state index contributed by atoms with van der Waals surface area (Å²) in [5.74, 6) is -2.41. The van der Waals surface area contributed by atoms with Crippen LogP contribution in [0.25, 0.3) is 0 Å². The lowest BCUT2D eigenvalue weighted by Gasteiger charge is -2.12. The van der Waals surface area contributed by atoms with Gasteiger partial charge in [-0.25, -0.2) is 0 Å². The molecule has 0 heterocycles. The molecule has 6 nitrogen and oxygen atoms in total. The first-order chi connectivity index (χ1) is 8.01. The minimum absolute atomic E-state index is 0.0739. The lowest BCUT2D eigenvalue weighted by Crippen LogP contribution is -2.22. The highest BCUT2D eigenvalue weighted by atomic mass is 19.1. The third-order valence-electron chi connectivity index (χ3n) is 2.29. The molecule has 0 amide bonds. The number of carbonyl (C=O) groups excluding carboxylic acids is 1. The number of benzene rings is 1. The van der Waals surface area contributed by atoms with Gasteiger partial charge in [-0.15, -0.1) is 0 Å². The Morgan fingerprint density at radius 2 is 2.29 bits per heavy atom. The quantitative estimate of drug-likeness (QED) is 0.481. The smallest absolute Gasteiger partial charge is 0.314 e. The lowest BCUT2D eigenvalue weighted by atomic mass is 9.99. The highest BCUT2D eigenvalue weighted by Crippen LogP contribution is 2.24. The average Bonchev–Trinajstić information content (AvgIpc) is 2.31. The molecule has 0 aliphatic carbocycles. The van der Waals surface area contributed by atoms with Crippen LogP contribution in [0.15, 0.2) is 18.2 Å². The molecule has 0 saturated carbocycles. The molecule has 1 aromatic rings. The molecule has 17 heavy (non-hydrogen) atoms. The Kier molecular flexibility index (Phi) is 4.11. The van der Waals surface area contributed by atoms with Crippen LogP contribution in [0.4, 0.5) is 10.1 Å². The Morgan fingerprint density at radius 3 is 2.76 bits per heavy atom. The second-order valence-corrected chi connectivity index (χ2v) is 3.28. The van der Waals surface area contributed by atoms with Crippen LogP contribution in [-0.4, -0.2) is 24.5 Å². The first-order valence-corrected chi connectivity index (χ1v) is 4.73. The van der Waals surface area contributed by atoms with Crippen LogP contribution in [-0.2, 0) is 9.53 Å². The van der Waals surface area contributed by atoms with Gasteiger partial charge < -0.3 is 10.5 Å². The minimum Gasteiger partial charge on any atom is -0.469 e. The van der Waals surface area contributed by atoms with E-state index < -0.39 is 28.3 Å². The molecule has 0 aliphatic heterocycles. The maximum atomic E-state index is 13.1. The standard InChI is InChI=1S/C10H11FN2O4/c1-17-10(14)7(5-12)6-2-3-8(11)9(4-6)13(15)16/h2-4,7H,5,12H2,1H3. The summed E-state index contributed by atoms with van der Waals surface area (Å²) in [6.07, 6.45) is 0. The van der Waals surface area contributed by atoms with Gasteiger partial charge in [0.05, 0.1) is 18.0 Å². The van der Waals surface area contributed by atoms with E-state index in [0.29, 0.717) is 0 Å². The molecule has 1 aromatic carbocycles. The number of nitrogens with zero attached hydrogens (tertiary/aromatic N) is 1. The van der Waals surface area contributed by atoms with E-state index in [1.54, 1.807) is 0 Å². The van der Waals surface area contributed by atoms with Crippen molar-refractivity contribution >= 4 is 11.7 Å². The van der Waals surface area contributed by atoms with Crippen LogP contribution >= 0.6 is 0 Å². The molecular formula is C10H11FN2O4. The maximum Gasteiger partial charge on any atom is 0.314 e. The fourth-order valence-electron chi connectivity index (χ4n) is 1.40. The fourth-order valence-corrected chi connectivity index (χ4v) is 1.40. The number of nitrogens with two attached hydrogens (primary N) is 1. The van der Waals surface area contributed by atoms with E-state index in [1.165, 1.54) is 13.2 Å². The van der Waals surface area contributed by atoms with Gasteiger partial charge in [0.2, 0.25) is 5.82 Å². The Hall–Kier alpha value is -2.02. The van der Waals surface area contributed by atoms with E-state index in [2.05, 4.69) is 4.74 Å². The maximum absolute atomic E-state index is 13.1. The van der Waals surface area contributed by atoms with Crippen LogP contribution in [0.1, 0.15) is 11.5 Å². The molecule has 1 unspecified atom stereocenters. The van der Waals surface area contributed by atoms with Crippen molar-refractivity contribution in [1.82, 2.24) is 0 Å². The number of carbonyl (C=O) groups is 1. The zero-order valence-electron chi connectivity index (χ0n) is 9.05. The highest BCUT2D eigenvalue weighted by Gasteiger charge is 2.23. The summed E-state index contributed by atoms with van der Waals surface area (Å²) in [5.41, 5.74) is 4.95. The van der Waals surface area contributed by atoms with E-state index in [0.717, 1.165) is 12.1 Å². The van der Waals surface area contributed by atoms with Crippen LogP contribution in [0, 0.1) is 15.9 Å². The Morgan fingerprint density at radius 1 is 1.65 bits per heavy atom. The zero-order valence-corrected chi connectivity index (χ0v) is 9.05. The first-order valence-electron chi connectivity index (χ1n) is 4.73. The van der Waals surface area contributed by atoms with Crippen molar-refractivity contribution in [3.8, 4) is 0 Å². The number of hydrogen-bond acceptors (Lipinski definition) is 5. The number of hydrogen-bond donors (Lipinski definition) is 1. The van der Waals surface area contributed by atoms with Crippen LogP contribution in [0.2, 0.25) is 0 Å². The average molecular weight is 242 g/mol. The van der Waals surface area contributed by atoms with Crippen molar-refractivity contribution < 1.29 is 18.8 Å². The van der Waals surface area contributed by atoms with Crippen molar-refractivity contribution in [3.63, 3.8) is 0 Å². The number of halogens is 1. The van der Waals surface area contributed by atoms with E-state index in [1.807, 2.05) is 0 Å². The van der Waals surface area contributed by atoms with Gasteiger partial charge in [-0.05, 0) is 11.6 Å². The van der Waals surface area contributed by atoms with Gasteiger partial charge in [0.1, 0.15) is 0 Å². The molecule has 0 aromatic heterocycles. The lowest BCUT2D eigenvalue weighted by molar-refractivity contribution is -0.387. The summed E-state index contributed by atoms with van der Waals surface area (Å²) in [7, 11) is 1.18. The molecule has 1 rings (SSSR count). The van der Waals surface area contributed by atoms with Gasteiger partial charge in [-0.2, -0.15) is 4.39 Å². The van der Waals surface area contributed by atoms with Crippen LogP contribution in [0.5, 0.6) is 0 Å². The Balaban J connectivity index is 3.18. The van der Waals surface area contributed by atoms with E-state index >= 15 is 0 Å². The van der Waals surface area contributed by atoms with Crippen molar-refractivity contribution in [2.45, 2.75) is 5.92 Å². The Labute approximate surface area is 96.3 Å². The number of esters is 1. The van der Waals surface area contributed by atoms with Crippen molar-refractivity contribution in [3.05, 3.63) is 39.7 Å². The molecule has 7 heteroatoms. The van der Waals surface area contributed by atoms with Crippen LogP contribution < -0.4 is 5.73 Å². The predicted octanol–water partition coefficient (Wildman–Crippen LogP) is 0.949. The molecule has 2 N–H and O–H groups in total. The number of nitro benzene ring substituents is 1. The van der Waals surface area contributed by atoms with E-state index in [9.17, 15) is 19.3 Å². The second-order valence-electron chi connectivity index (χ2n) is 3.28. The van der Waals surface area contributed by atoms with E-state index in [-0.39, 0.29) is 12.1 Å². The second kappa shape index (κ2) is 5.35. The fraction of sp³-hybridized carbons (Fsp3) is 0.300. The topological polar surface area (TPSA) is 95.5 Å². The summed E-state index contributed by atoms with van der Waals surface area (Å²) >= 11 is 0. The van der Waals surface area contributed by atoms with Gasteiger partial charge >= 0.3 is 11.7 Å². The van der Waals surface area contributed by atoms with Gasteiger partial charge in [0, 0.05) is 12.6 Å². The van der Waals surface area contributed by atoms with E-state index in [4.69, 9.17) is 5.73 Å². The normalized spacial score (nSPS) is 11.9. The zero-order chi connectivity index (χ0) is 13.0. The molecule has 0 saturated heterocycles. The SMILES string of the molecule is COC(=O)C(CN)c1ccc(F)c([N+](=O)[O-])c1. The monoisotopic (exact) mass is 242 g/mol. The molecule has 92 valence electrons. The van der Waals surface area contributed by atoms with Gasteiger partial charge in [0.25, 0.3) is 0 Å². The number of ether oxygens (including phenoxy) is 1. The van der Waals surface area contributed by atoms with Crippen LogP contribution in [0.3, 0.4) is 0 Å². The minimum atomic E-state index is -0.959. The van der Waals surface area contributed by atoms with Crippen molar-refractivity contribution in [2.24, 2.45) is 5.73 Å². The van der Waals surface area contributed by atoms with Gasteiger partial charge in [0.15, 0.2) is 0 Å². The predicted molar refractivity (Wildman–Crippen MR) is 56.9 cm³/mol. The molecule has 0 bridgehead atoms. The summed E-state index contributed by atoms with van der Waals surface area (Å²) < 4.78 is 17.6. The first kappa shape index (κ1) is 13.0. The third kappa shape index (κ3) is 2.76. The van der Waals surface area contributed by atoms with Gasteiger partial charge in [-0.1, -0.05) is 6.07 Å². The summed E-state index contributed by atoms with van der Waals surface area (Å²) in [4.78, 5) is 21.0. The number of methoxy groups -OCH3 is 1. The molecule has 0 spiro atoms. The number of rotatable bonds is 4. The molecule has 1 atom stereocenters.